The van der Waals surface area contributed by atoms with Gasteiger partial charge in [0.2, 0.25) is 0 Å². The summed E-state index contributed by atoms with van der Waals surface area (Å²) in [4.78, 5) is 14.4. The Bertz CT molecular complexity index is 484. The fourth-order valence-corrected chi connectivity index (χ4v) is 2.31. The third-order valence-corrected chi connectivity index (χ3v) is 3.18. The minimum absolute atomic E-state index is 0.202. The number of nitrogens with zero attached hydrogens (tertiary/aromatic N) is 2. The first-order valence-electron chi connectivity index (χ1n) is 5.75. The summed E-state index contributed by atoms with van der Waals surface area (Å²) in [7, 11) is 0. The van der Waals surface area contributed by atoms with Crippen LogP contribution in [0, 0.1) is 0 Å². The van der Waals surface area contributed by atoms with Crippen molar-refractivity contribution in [2.75, 3.05) is 13.1 Å². The Morgan fingerprint density at radius 3 is 2.47 bits per heavy atom. The van der Waals surface area contributed by atoms with Crippen molar-refractivity contribution in [3.8, 4) is 0 Å². The molecule has 0 saturated carbocycles. The van der Waals surface area contributed by atoms with E-state index in [0.29, 0.717) is 13.1 Å². The lowest BCUT2D eigenvalue weighted by Crippen LogP contribution is -2.59. The highest BCUT2D eigenvalue weighted by atomic mass is 19.4. The van der Waals surface area contributed by atoms with Crippen LogP contribution in [0.15, 0.2) is 18.5 Å². The average molecular weight is 276 g/mol. The molecule has 1 aliphatic rings. The van der Waals surface area contributed by atoms with Gasteiger partial charge in [0, 0.05) is 25.1 Å². The molecule has 2 heterocycles. The number of halogens is 3. The van der Waals surface area contributed by atoms with Gasteiger partial charge in [0.05, 0.1) is 11.8 Å². The molecule has 8 heteroatoms. The highest BCUT2D eigenvalue weighted by Crippen LogP contribution is 2.33. The van der Waals surface area contributed by atoms with E-state index in [1.165, 1.54) is 6.20 Å². The number of carbonyl (C=O) groups is 1. The normalized spacial score (nSPS) is 18.3. The molecule has 1 aromatic rings. The van der Waals surface area contributed by atoms with Gasteiger partial charge in [-0.1, -0.05) is 0 Å². The third kappa shape index (κ3) is 2.78. The van der Waals surface area contributed by atoms with Crippen LogP contribution in [0.3, 0.4) is 0 Å². The number of nitrogens with one attached hydrogen (secondary N) is 1. The first kappa shape index (κ1) is 13.6. The quantitative estimate of drug-likeness (QED) is 0.815. The summed E-state index contributed by atoms with van der Waals surface area (Å²) in [6.07, 6.45) is -2.25. The lowest BCUT2D eigenvalue weighted by Gasteiger charge is -2.31. The van der Waals surface area contributed by atoms with Crippen molar-refractivity contribution < 1.29 is 23.1 Å². The SMILES string of the molecule is O=C(O)N[N+]1(c2cncc(C(F)(F)F)c2)CCCC1. The maximum atomic E-state index is 12.7. The number of hydrogen-bond donors (Lipinski definition) is 2. The number of amides is 1. The number of hydrogen-bond acceptors (Lipinski definition) is 2. The smallest absolute Gasteiger partial charge is 0.449 e. The Hall–Kier alpha value is -1.83. The van der Waals surface area contributed by atoms with E-state index in [0.717, 1.165) is 25.1 Å². The summed E-state index contributed by atoms with van der Waals surface area (Å²) in [6, 6.07) is 0.953. The van der Waals surface area contributed by atoms with Gasteiger partial charge in [0.1, 0.15) is 13.1 Å². The monoisotopic (exact) mass is 276 g/mol. The zero-order valence-corrected chi connectivity index (χ0v) is 9.94. The van der Waals surface area contributed by atoms with Crippen LogP contribution >= 0.6 is 0 Å². The van der Waals surface area contributed by atoms with Gasteiger partial charge < -0.3 is 5.11 Å². The van der Waals surface area contributed by atoms with E-state index in [9.17, 15) is 18.0 Å². The standard InChI is InChI=1S/C11H12F3N3O2/c12-11(13,14)8-5-9(7-15-6-8)17(16-10(18)19)3-1-2-4-17/h5-7,16H,1-4H2/p+1. The summed E-state index contributed by atoms with van der Waals surface area (Å²) in [5, 5.41) is 8.86. The maximum Gasteiger partial charge on any atom is 0.449 e. The molecule has 2 N–H and O–H groups in total. The summed E-state index contributed by atoms with van der Waals surface area (Å²) in [6.45, 7) is 0.852. The van der Waals surface area contributed by atoms with Crippen LogP contribution in [0.4, 0.5) is 23.7 Å². The highest BCUT2D eigenvalue weighted by Gasteiger charge is 2.40. The van der Waals surface area contributed by atoms with Gasteiger partial charge >= 0.3 is 12.3 Å². The highest BCUT2D eigenvalue weighted by molar-refractivity contribution is 5.66. The molecule has 5 nitrogen and oxygen atoms in total. The van der Waals surface area contributed by atoms with Gasteiger partial charge in [-0.2, -0.15) is 23.2 Å². The molecule has 1 fully saturated rings. The van der Waals surface area contributed by atoms with Crippen LogP contribution < -0.4 is 10.0 Å². The van der Waals surface area contributed by atoms with Gasteiger partial charge in [-0.05, 0) is 0 Å². The van der Waals surface area contributed by atoms with Crippen LogP contribution in [0.5, 0.6) is 0 Å². The van der Waals surface area contributed by atoms with Crippen molar-refractivity contribution in [1.82, 2.24) is 15.0 Å². The molecule has 2 rings (SSSR count). The van der Waals surface area contributed by atoms with E-state index in [1.54, 1.807) is 0 Å². The van der Waals surface area contributed by atoms with E-state index in [1.807, 2.05) is 0 Å². The predicted octanol–water partition coefficient (Wildman–Crippen LogP) is 2.38. The number of alkyl halides is 3. The van der Waals surface area contributed by atoms with E-state index in [2.05, 4.69) is 10.4 Å². The van der Waals surface area contributed by atoms with E-state index in [-0.39, 0.29) is 10.3 Å². The molecule has 0 radical (unpaired) electrons. The van der Waals surface area contributed by atoms with E-state index < -0.39 is 17.8 Å². The summed E-state index contributed by atoms with van der Waals surface area (Å²) in [5.74, 6) is 0. The predicted molar refractivity (Wildman–Crippen MR) is 61.2 cm³/mol. The number of rotatable bonds is 2. The van der Waals surface area contributed by atoms with Crippen LogP contribution in [-0.4, -0.2) is 29.3 Å². The van der Waals surface area contributed by atoms with Crippen molar-refractivity contribution in [2.24, 2.45) is 0 Å². The zero-order chi connectivity index (χ0) is 14.1. The summed E-state index contributed by atoms with van der Waals surface area (Å²) >= 11 is 0. The Morgan fingerprint density at radius 2 is 1.95 bits per heavy atom. The Balaban J connectivity index is 2.40. The second-order valence-electron chi connectivity index (χ2n) is 4.47. The van der Waals surface area contributed by atoms with Crippen molar-refractivity contribution in [3.63, 3.8) is 0 Å². The Kier molecular flexibility index (Phi) is 3.36. The lowest BCUT2D eigenvalue weighted by molar-refractivity contribution is -0.137. The molecule has 0 atom stereocenters. The number of pyridine rings is 1. The van der Waals surface area contributed by atoms with Gasteiger partial charge in [-0.15, -0.1) is 0 Å². The van der Waals surface area contributed by atoms with Gasteiger partial charge in [-0.25, -0.2) is 4.79 Å². The number of carboxylic acid groups (broad SMARTS) is 1. The summed E-state index contributed by atoms with van der Waals surface area (Å²) < 4.78 is 37.8. The second kappa shape index (κ2) is 4.69. The molecular weight excluding hydrogens is 263 g/mol. The molecule has 0 bridgehead atoms. The van der Waals surface area contributed by atoms with Gasteiger partial charge in [-0.3, -0.25) is 4.98 Å². The Morgan fingerprint density at radius 1 is 1.32 bits per heavy atom. The molecule has 19 heavy (non-hydrogen) atoms. The van der Waals surface area contributed by atoms with E-state index >= 15 is 0 Å². The fraction of sp³-hybridized carbons (Fsp3) is 0.455. The maximum absolute atomic E-state index is 12.7. The van der Waals surface area contributed by atoms with Crippen LogP contribution in [0.25, 0.3) is 0 Å². The van der Waals surface area contributed by atoms with Crippen LogP contribution in [0.2, 0.25) is 0 Å². The molecule has 1 aromatic heterocycles. The molecule has 1 amide bonds. The second-order valence-corrected chi connectivity index (χ2v) is 4.47. The van der Waals surface area contributed by atoms with Crippen molar-refractivity contribution in [2.45, 2.75) is 19.0 Å². The molecule has 0 aliphatic carbocycles. The molecule has 0 aromatic carbocycles. The molecule has 104 valence electrons. The van der Waals surface area contributed by atoms with Gasteiger partial charge in [0.25, 0.3) is 0 Å². The van der Waals surface area contributed by atoms with Crippen molar-refractivity contribution in [1.29, 1.82) is 0 Å². The molecule has 1 saturated heterocycles. The fourth-order valence-electron chi connectivity index (χ4n) is 2.31. The minimum atomic E-state index is -4.49. The van der Waals surface area contributed by atoms with E-state index in [4.69, 9.17) is 5.11 Å². The third-order valence-electron chi connectivity index (χ3n) is 3.18. The number of aromatic nitrogens is 1. The van der Waals surface area contributed by atoms with Crippen LogP contribution in [-0.2, 0) is 6.18 Å². The van der Waals surface area contributed by atoms with Gasteiger partial charge in [0.15, 0.2) is 5.69 Å². The number of quaternary nitrogens is 1. The van der Waals surface area contributed by atoms with Crippen molar-refractivity contribution >= 4 is 11.8 Å². The molecule has 0 unspecified atom stereocenters. The molecule has 0 spiro atoms. The average Bonchev–Trinajstić information content (AvgIpc) is 2.77. The topological polar surface area (TPSA) is 62.2 Å². The van der Waals surface area contributed by atoms with Crippen molar-refractivity contribution in [3.05, 3.63) is 24.0 Å². The zero-order valence-electron chi connectivity index (χ0n) is 9.94. The summed E-state index contributed by atoms with van der Waals surface area (Å²) in [5.41, 5.74) is 1.64. The Labute approximate surface area is 107 Å². The lowest BCUT2D eigenvalue weighted by atomic mass is 10.2. The first-order chi connectivity index (χ1) is 8.83. The largest absolute Gasteiger partial charge is 0.462 e. The van der Waals surface area contributed by atoms with Crippen LogP contribution in [0.1, 0.15) is 18.4 Å². The first-order valence-corrected chi connectivity index (χ1v) is 5.75. The molecular formula is C11H13F3N3O2+. The minimum Gasteiger partial charge on any atom is -0.462 e. The molecule has 1 aliphatic heterocycles.